The zero-order valence-electron chi connectivity index (χ0n) is 21.5. The maximum atomic E-state index is 13.8. The van der Waals surface area contributed by atoms with Crippen molar-refractivity contribution in [2.24, 2.45) is 11.3 Å². The maximum absolute atomic E-state index is 13.8. The largest absolute Gasteiger partial charge is 0.324 e. The number of carbonyl (C=O) groups is 3. The van der Waals surface area contributed by atoms with E-state index in [2.05, 4.69) is 6.92 Å². The number of piperidine rings is 1. The minimum Gasteiger partial charge on any atom is -0.324 e. The third kappa shape index (κ3) is 5.45. The van der Waals surface area contributed by atoms with Crippen LogP contribution in [0.3, 0.4) is 0 Å². The second kappa shape index (κ2) is 10.8. The number of anilines is 2. The van der Waals surface area contributed by atoms with Crippen molar-refractivity contribution in [1.82, 2.24) is 4.90 Å². The van der Waals surface area contributed by atoms with Crippen molar-refractivity contribution < 1.29 is 18.8 Å². The molecule has 4 rings (SSSR count). The molecule has 36 heavy (non-hydrogen) atoms. The van der Waals surface area contributed by atoms with Gasteiger partial charge in [-0.25, -0.2) is 9.18 Å². The third-order valence-electron chi connectivity index (χ3n) is 7.95. The molecular formula is C29H36FN3O3. The molecule has 6 nitrogen and oxygen atoms in total. The number of likely N-dealkylation sites (tertiary alicyclic amines) is 1. The van der Waals surface area contributed by atoms with E-state index in [-0.39, 0.29) is 36.0 Å². The topological polar surface area (TPSA) is 60.9 Å². The minimum absolute atomic E-state index is 0.00215. The number of carbonyl (C=O) groups excluding carboxylic acids is 3. The van der Waals surface area contributed by atoms with Gasteiger partial charge in [0.25, 0.3) is 0 Å². The van der Waals surface area contributed by atoms with E-state index in [0.717, 1.165) is 24.9 Å². The molecule has 2 fully saturated rings. The molecule has 1 aliphatic carbocycles. The Bertz CT molecular complexity index is 1080. The number of nitrogens with zero attached hydrogens (tertiary/aromatic N) is 3. The van der Waals surface area contributed by atoms with Crippen LogP contribution in [-0.2, 0) is 9.59 Å². The zero-order valence-corrected chi connectivity index (χ0v) is 21.5. The number of hydrogen-bond donors (Lipinski definition) is 0. The normalized spacial score (nSPS) is 17.8. The Morgan fingerprint density at radius 3 is 2.14 bits per heavy atom. The SMILES string of the molecule is CCC(C1CC1)N(C(=O)CC1(C(C)=O)CCN(C(=O)N(C)c2ccc(F)cc2)CC1)c1ccccc1. The van der Waals surface area contributed by atoms with Crippen molar-refractivity contribution in [1.29, 1.82) is 0 Å². The van der Waals surface area contributed by atoms with E-state index in [0.29, 0.717) is 37.5 Å². The van der Waals surface area contributed by atoms with Crippen LogP contribution in [0.25, 0.3) is 0 Å². The molecule has 2 aromatic rings. The smallest absolute Gasteiger partial charge is 0.324 e. The lowest BCUT2D eigenvalue weighted by Crippen LogP contribution is -2.52. The van der Waals surface area contributed by atoms with Crippen LogP contribution in [-0.4, -0.2) is 48.8 Å². The first-order chi connectivity index (χ1) is 17.3. The predicted molar refractivity (Wildman–Crippen MR) is 139 cm³/mol. The fourth-order valence-corrected chi connectivity index (χ4v) is 5.46. The first kappa shape index (κ1) is 25.9. The minimum atomic E-state index is -0.781. The van der Waals surface area contributed by atoms with Gasteiger partial charge in [0.2, 0.25) is 5.91 Å². The predicted octanol–water partition coefficient (Wildman–Crippen LogP) is 5.67. The van der Waals surface area contributed by atoms with Crippen LogP contribution in [0.15, 0.2) is 54.6 Å². The first-order valence-corrected chi connectivity index (χ1v) is 12.9. The number of halogens is 1. The molecule has 1 aliphatic heterocycles. The number of amides is 3. The second-order valence-electron chi connectivity index (χ2n) is 10.2. The van der Waals surface area contributed by atoms with Crippen LogP contribution in [0.5, 0.6) is 0 Å². The van der Waals surface area contributed by atoms with Gasteiger partial charge in [0.1, 0.15) is 11.6 Å². The fraction of sp³-hybridized carbons (Fsp3) is 0.483. The lowest BCUT2D eigenvalue weighted by atomic mass is 9.72. The molecule has 7 heteroatoms. The van der Waals surface area contributed by atoms with Gasteiger partial charge in [-0.1, -0.05) is 25.1 Å². The molecule has 1 saturated heterocycles. The molecule has 0 spiro atoms. The molecule has 1 atom stereocenters. The molecule has 0 N–H and O–H groups in total. The first-order valence-electron chi connectivity index (χ1n) is 12.9. The van der Waals surface area contributed by atoms with E-state index >= 15 is 0 Å². The van der Waals surface area contributed by atoms with Crippen molar-refractivity contribution in [3.8, 4) is 0 Å². The number of urea groups is 1. The summed E-state index contributed by atoms with van der Waals surface area (Å²) in [6, 6.07) is 15.5. The summed E-state index contributed by atoms with van der Waals surface area (Å²) in [5.41, 5.74) is 0.703. The van der Waals surface area contributed by atoms with Gasteiger partial charge in [-0.2, -0.15) is 0 Å². The zero-order chi connectivity index (χ0) is 25.9. The molecule has 0 radical (unpaired) electrons. The number of rotatable bonds is 8. The Hall–Kier alpha value is -3.22. The van der Waals surface area contributed by atoms with E-state index in [1.54, 1.807) is 31.0 Å². The Morgan fingerprint density at radius 1 is 1.00 bits per heavy atom. The number of ketones is 1. The number of para-hydroxylation sites is 1. The highest BCUT2D eigenvalue weighted by Crippen LogP contribution is 2.42. The summed E-state index contributed by atoms with van der Waals surface area (Å²) in [6.45, 7) is 4.47. The Labute approximate surface area is 213 Å². The van der Waals surface area contributed by atoms with Crippen molar-refractivity contribution >= 4 is 29.1 Å². The van der Waals surface area contributed by atoms with Crippen molar-refractivity contribution in [2.75, 3.05) is 29.9 Å². The summed E-state index contributed by atoms with van der Waals surface area (Å²) < 4.78 is 13.3. The van der Waals surface area contributed by atoms with Gasteiger partial charge in [-0.3, -0.25) is 14.5 Å². The van der Waals surface area contributed by atoms with Crippen molar-refractivity contribution in [2.45, 2.75) is 58.4 Å². The van der Waals surface area contributed by atoms with Crippen LogP contribution in [0.4, 0.5) is 20.6 Å². The molecule has 1 saturated carbocycles. The van der Waals surface area contributed by atoms with E-state index in [9.17, 15) is 18.8 Å². The Morgan fingerprint density at radius 2 is 1.61 bits per heavy atom. The Kier molecular flexibility index (Phi) is 7.76. The average molecular weight is 494 g/mol. The van der Waals surface area contributed by atoms with E-state index in [4.69, 9.17) is 0 Å². The highest BCUT2D eigenvalue weighted by Gasteiger charge is 2.45. The van der Waals surface area contributed by atoms with Gasteiger partial charge < -0.3 is 9.80 Å². The summed E-state index contributed by atoms with van der Waals surface area (Å²) in [6.07, 6.45) is 4.17. The van der Waals surface area contributed by atoms with Gasteiger partial charge in [0.15, 0.2) is 0 Å². The monoisotopic (exact) mass is 493 g/mol. The second-order valence-corrected chi connectivity index (χ2v) is 10.2. The van der Waals surface area contributed by atoms with Gasteiger partial charge in [0, 0.05) is 49.4 Å². The molecule has 192 valence electrons. The van der Waals surface area contributed by atoms with Gasteiger partial charge in [-0.05, 0) is 81.3 Å². The van der Waals surface area contributed by atoms with Gasteiger partial charge in [-0.15, -0.1) is 0 Å². The number of benzene rings is 2. The summed E-state index contributed by atoms with van der Waals surface area (Å²) >= 11 is 0. The summed E-state index contributed by atoms with van der Waals surface area (Å²) in [4.78, 5) is 45.0. The average Bonchev–Trinajstić information content (AvgIpc) is 3.73. The van der Waals surface area contributed by atoms with Crippen LogP contribution in [0.2, 0.25) is 0 Å². The highest BCUT2D eigenvalue weighted by atomic mass is 19.1. The molecular weight excluding hydrogens is 457 g/mol. The molecule has 2 aromatic carbocycles. The number of Topliss-reactive ketones (excluding diaryl/α,β-unsaturated/α-hetero) is 1. The van der Waals surface area contributed by atoms with Crippen LogP contribution in [0.1, 0.15) is 52.4 Å². The molecule has 2 aliphatic rings. The standard InChI is InChI=1S/C29H36FN3O3/c1-4-26(22-10-11-22)33(25-8-6-5-7-9-25)27(35)20-29(21(2)34)16-18-32(19-17-29)28(36)31(3)24-14-12-23(30)13-15-24/h5-9,12-15,22,26H,4,10-11,16-20H2,1-3H3. The van der Waals surface area contributed by atoms with Crippen LogP contribution < -0.4 is 9.80 Å². The van der Waals surface area contributed by atoms with E-state index in [1.165, 1.54) is 17.0 Å². The van der Waals surface area contributed by atoms with E-state index < -0.39 is 5.41 Å². The molecule has 1 unspecified atom stereocenters. The summed E-state index contributed by atoms with van der Waals surface area (Å²) in [5, 5.41) is 0. The summed E-state index contributed by atoms with van der Waals surface area (Å²) in [5.74, 6) is 0.139. The molecule has 0 bridgehead atoms. The lowest BCUT2D eigenvalue weighted by Gasteiger charge is -2.42. The van der Waals surface area contributed by atoms with Crippen LogP contribution in [0, 0.1) is 17.2 Å². The molecule has 3 amide bonds. The van der Waals surface area contributed by atoms with Crippen molar-refractivity contribution in [3.63, 3.8) is 0 Å². The lowest BCUT2D eigenvalue weighted by molar-refractivity contribution is -0.135. The molecule has 1 heterocycles. The van der Waals surface area contributed by atoms with Crippen LogP contribution >= 0.6 is 0 Å². The van der Waals surface area contributed by atoms with E-state index in [1.807, 2.05) is 35.2 Å². The highest BCUT2D eigenvalue weighted by molar-refractivity contribution is 5.98. The maximum Gasteiger partial charge on any atom is 0.324 e. The van der Waals surface area contributed by atoms with Crippen molar-refractivity contribution in [3.05, 3.63) is 60.4 Å². The molecule has 0 aromatic heterocycles. The number of hydrogen-bond acceptors (Lipinski definition) is 3. The summed E-state index contributed by atoms with van der Waals surface area (Å²) in [7, 11) is 1.66. The van der Waals surface area contributed by atoms with Gasteiger partial charge >= 0.3 is 6.03 Å². The van der Waals surface area contributed by atoms with Gasteiger partial charge in [0.05, 0.1) is 0 Å². The third-order valence-corrected chi connectivity index (χ3v) is 7.95. The quantitative estimate of drug-likeness (QED) is 0.476. The fourth-order valence-electron chi connectivity index (χ4n) is 5.46. The Balaban J connectivity index is 1.48.